The summed E-state index contributed by atoms with van der Waals surface area (Å²) >= 11 is 0. The molecule has 4 rings (SSSR count). The van der Waals surface area contributed by atoms with E-state index in [0.29, 0.717) is 12.5 Å². The van der Waals surface area contributed by atoms with Gasteiger partial charge in [-0.15, -0.1) is 0 Å². The van der Waals surface area contributed by atoms with E-state index in [4.69, 9.17) is 14.5 Å². The van der Waals surface area contributed by atoms with Crippen molar-refractivity contribution in [1.29, 1.82) is 0 Å². The van der Waals surface area contributed by atoms with Crippen LogP contribution in [-0.2, 0) is 17.8 Å². The lowest BCUT2D eigenvalue weighted by Crippen LogP contribution is -2.31. The molecule has 0 amide bonds. The van der Waals surface area contributed by atoms with Gasteiger partial charge in [0.1, 0.15) is 24.0 Å². The molecule has 1 saturated heterocycles. The number of aromatic nitrogens is 2. The van der Waals surface area contributed by atoms with Gasteiger partial charge in [-0.25, -0.2) is 9.97 Å². The zero-order valence-corrected chi connectivity index (χ0v) is 15.0. The SMILES string of the molecule is Cc1nc2c(c(N(C)CC3CCOCC3)n1)Cc1ccccc1OC2. The van der Waals surface area contributed by atoms with E-state index < -0.39 is 0 Å². The Morgan fingerprint density at radius 1 is 1.16 bits per heavy atom. The Morgan fingerprint density at radius 3 is 2.80 bits per heavy atom. The molecule has 1 aromatic heterocycles. The van der Waals surface area contributed by atoms with E-state index in [1.54, 1.807) is 0 Å². The number of aryl methyl sites for hydroxylation is 1. The molecule has 5 heteroatoms. The summed E-state index contributed by atoms with van der Waals surface area (Å²) in [5, 5.41) is 0. The fourth-order valence-electron chi connectivity index (χ4n) is 3.78. The molecule has 1 aromatic carbocycles. The summed E-state index contributed by atoms with van der Waals surface area (Å²) in [5.41, 5.74) is 3.41. The first-order valence-corrected chi connectivity index (χ1v) is 9.06. The van der Waals surface area contributed by atoms with Gasteiger partial charge in [-0.1, -0.05) is 18.2 Å². The van der Waals surface area contributed by atoms with Crippen LogP contribution in [0.25, 0.3) is 0 Å². The third kappa shape index (κ3) is 3.47. The van der Waals surface area contributed by atoms with Crippen molar-refractivity contribution in [2.75, 3.05) is 31.7 Å². The molecule has 0 atom stereocenters. The molecule has 2 aromatic rings. The van der Waals surface area contributed by atoms with Crippen LogP contribution in [0.5, 0.6) is 5.75 Å². The van der Waals surface area contributed by atoms with Crippen molar-refractivity contribution in [3.05, 3.63) is 46.9 Å². The highest BCUT2D eigenvalue weighted by Crippen LogP contribution is 2.32. The molecule has 2 aliphatic heterocycles. The molecule has 0 aliphatic carbocycles. The number of benzene rings is 1. The lowest BCUT2D eigenvalue weighted by atomic mass is 9.99. The van der Waals surface area contributed by atoms with Crippen molar-refractivity contribution < 1.29 is 9.47 Å². The summed E-state index contributed by atoms with van der Waals surface area (Å²) in [4.78, 5) is 11.8. The minimum atomic E-state index is 0.508. The molecule has 132 valence electrons. The molecule has 0 saturated carbocycles. The molecule has 1 fully saturated rings. The van der Waals surface area contributed by atoms with Crippen LogP contribution < -0.4 is 9.64 Å². The van der Waals surface area contributed by atoms with Crippen LogP contribution in [0.1, 0.15) is 35.5 Å². The first-order chi connectivity index (χ1) is 12.2. The first kappa shape index (κ1) is 16.3. The molecular formula is C20H25N3O2. The van der Waals surface area contributed by atoms with Crippen LogP contribution >= 0.6 is 0 Å². The second-order valence-corrected chi connectivity index (χ2v) is 7.03. The van der Waals surface area contributed by atoms with E-state index in [0.717, 1.165) is 62.1 Å². The molecule has 0 N–H and O–H groups in total. The highest BCUT2D eigenvalue weighted by atomic mass is 16.5. The number of fused-ring (bicyclic) bond motifs is 2. The quantitative estimate of drug-likeness (QED) is 0.860. The van der Waals surface area contributed by atoms with Gasteiger partial charge in [0.05, 0.1) is 5.69 Å². The summed E-state index contributed by atoms with van der Waals surface area (Å²) in [6.45, 7) is 5.23. The van der Waals surface area contributed by atoms with Crippen molar-refractivity contribution in [1.82, 2.24) is 9.97 Å². The largest absolute Gasteiger partial charge is 0.487 e. The maximum absolute atomic E-state index is 5.99. The van der Waals surface area contributed by atoms with Gasteiger partial charge in [0.2, 0.25) is 0 Å². The number of hydrogen-bond acceptors (Lipinski definition) is 5. The fourth-order valence-corrected chi connectivity index (χ4v) is 3.78. The van der Waals surface area contributed by atoms with Crippen LogP contribution in [0.3, 0.4) is 0 Å². The van der Waals surface area contributed by atoms with Gasteiger partial charge in [0, 0.05) is 38.8 Å². The van der Waals surface area contributed by atoms with Gasteiger partial charge >= 0.3 is 0 Å². The zero-order chi connectivity index (χ0) is 17.2. The minimum absolute atomic E-state index is 0.508. The Morgan fingerprint density at radius 2 is 1.96 bits per heavy atom. The summed E-state index contributed by atoms with van der Waals surface area (Å²) in [7, 11) is 2.15. The van der Waals surface area contributed by atoms with Gasteiger partial charge in [-0.2, -0.15) is 0 Å². The van der Waals surface area contributed by atoms with E-state index in [1.807, 2.05) is 19.1 Å². The topological polar surface area (TPSA) is 47.5 Å². The maximum atomic E-state index is 5.99. The molecule has 2 aliphatic rings. The second-order valence-electron chi connectivity index (χ2n) is 7.03. The summed E-state index contributed by atoms with van der Waals surface area (Å²) in [6.07, 6.45) is 3.07. The smallest absolute Gasteiger partial charge is 0.135 e. The van der Waals surface area contributed by atoms with Crippen molar-refractivity contribution in [3.8, 4) is 5.75 Å². The minimum Gasteiger partial charge on any atom is -0.487 e. The maximum Gasteiger partial charge on any atom is 0.135 e. The first-order valence-electron chi connectivity index (χ1n) is 9.06. The number of anilines is 1. The van der Waals surface area contributed by atoms with Gasteiger partial charge in [-0.3, -0.25) is 0 Å². The molecule has 25 heavy (non-hydrogen) atoms. The van der Waals surface area contributed by atoms with E-state index in [-0.39, 0.29) is 0 Å². The normalized spacial score (nSPS) is 17.2. The molecule has 0 radical (unpaired) electrons. The zero-order valence-electron chi connectivity index (χ0n) is 15.0. The number of ether oxygens (including phenoxy) is 2. The molecule has 3 heterocycles. The second kappa shape index (κ2) is 7.00. The van der Waals surface area contributed by atoms with Crippen LogP contribution in [0.2, 0.25) is 0 Å². The van der Waals surface area contributed by atoms with Crippen LogP contribution in [0.15, 0.2) is 24.3 Å². The van der Waals surface area contributed by atoms with E-state index in [2.05, 4.69) is 29.1 Å². The average molecular weight is 339 g/mol. The molecule has 0 spiro atoms. The van der Waals surface area contributed by atoms with Crippen molar-refractivity contribution in [3.63, 3.8) is 0 Å². The summed E-state index contributed by atoms with van der Waals surface area (Å²) in [6, 6.07) is 8.25. The number of para-hydroxylation sites is 1. The van der Waals surface area contributed by atoms with E-state index in [9.17, 15) is 0 Å². The van der Waals surface area contributed by atoms with Crippen molar-refractivity contribution in [2.45, 2.75) is 32.8 Å². The lowest BCUT2D eigenvalue weighted by Gasteiger charge is -2.29. The van der Waals surface area contributed by atoms with Gasteiger partial charge < -0.3 is 14.4 Å². The standard InChI is InChI=1S/C20H25N3O2/c1-14-21-18-13-25-19-6-4-3-5-16(19)11-17(18)20(22-14)23(2)12-15-7-9-24-10-8-15/h3-6,15H,7-13H2,1-2H3. The Bertz CT molecular complexity index is 757. The molecule has 0 bridgehead atoms. The monoisotopic (exact) mass is 339 g/mol. The Hall–Kier alpha value is -2.14. The number of nitrogens with zero attached hydrogens (tertiary/aromatic N) is 3. The Kier molecular flexibility index (Phi) is 4.57. The number of hydrogen-bond donors (Lipinski definition) is 0. The highest BCUT2D eigenvalue weighted by Gasteiger charge is 2.23. The average Bonchev–Trinajstić information content (AvgIpc) is 2.81. The van der Waals surface area contributed by atoms with Crippen LogP contribution in [0, 0.1) is 12.8 Å². The van der Waals surface area contributed by atoms with Crippen LogP contribution in [0.4, 0.5) is 5.82 Å². The predicted molar refractivity (Wildman–Crippen MR) is 97.2 cm³/mol. The van der Waals surface area contributed by atoms with Gasteiger partial charge in [0.15, 0.2) is 0 Å². The van der Waals surface area contributed by atoms with Crippen molar-refractivity contribution >= 4 is 5.82 Å². The van der Waals surface area contributed by atoms with Gasteiger partial charge in [0.25, 0.3) is 0 Å². The number of rotatable bonds is 3. The molecule has 0 unspecified atom stereocenters. The van der Waals surface area contributed by atoms with Gasteiger partial charge in [-0.05, 0) is 37.3 Å². The van der Waals surface area contributed by atoms with E-state index in [1.165, 1.54) is 11.1 Å². The lowest BCUT2D eigenvalue weighted by molar-refractivity contribution is 0.0685. The van der Waals surface area contributed by atoms with E-state index >= 15 is 0 Å². The van der Waals surface area contributed by atoms with Crippen LogP contribution in [-0.4, -0.2) is 36.8 Å². The third-order valence-corrected chi connectivity index (χ3v) is 5.12. The fraction of sp³-hybridized carbons (Fsp3) is 0.500. The molecular weight excluding hydrogens is 314 g/mol. The Labute approximate surface area is 149 Å². The predicted octanol–water partition coefficient (Wildman–Crippen LogP) is 3.13. The summed E-state index contributed by atoms with van der Waals surface area (Å²) < 4.78 is 11.5. The highest BCUT2D eigenvalue weighted by molar-refractivity contribution is 5.53. The molecule has 5 nitrogen and oxygen atoms in total. The third-order valence-electron chi connectivity index (χ3n) is 5.12. The summed E-state index contributed by atoms with van der Waals surface area (Å²) in [5.74, 6) is 3.48. The van der Waals surface area contributed by atoms with Crippen molar-refractivity contribution in [2.24, 2.45) is 5.92 Å². The Balaban J connectivity index is 1.65.